The molecule has 0 atom stereocenters. The number of benzene rings is 1. The van der Waals surface area contributed by atoms with Crippen LogP contribution in [0.15, 0.2) is 16.6 Å². The van der Waals surface area contributed by atoms with Crippen molar-refractivity contribution in [3.8, 4) is 0 Å². The molecule has 0 aliphatic heterocycles. The molecule has 0 aliphatic rings. The average molecular weight is 305 g/mol. The summed E-state index contributed by atoms with van der Waals surface area (Å²) in [5, 5.41) is 13.9. The lowest BCUT2D eigenvalue weighted by Gasteiger charge is -2.25. The zero-order chi connectivity index (χ0) is 13.2. The van der Waals surface area contributed by atoms with Crippen LogP contribution in [0.5, 0.6) is 0 Å². The van der Waals surface area contributed by atoms with Gasteiger partial charge in [-0.15, -0.1) is 0 Å². The van der Waals surface area contributed by atoms with E-state index in [-0.39, 0.29) is 21.4 Å². The van der Waals surface area contributed by atoms with Crippen LogP contribution in [-0.4, -0.2) is 10.5 Å². The SMILES string of the molecule is CCC(C)(C)Nc1cc(F)c(Br)cc1[N+](=O)[O-]. The number of halogens is 2. The molecule has 0 spiro atoms. The summed E-state index contributed by atoms with van der Waals surface area (Å²) >= 11 is 2.94. The fourth-order valence-electron chi connectivity index (χ4n) is 1.24. The number of anilines is 1. The monoisotopic (exact) mass is 304 g/mol. The summed E-state index contributed by atoms with van der Waals surface area (Å²) in [4.78, 5) is 10.4. The molecule has 0 saturated heterocycles. The Hall–Kier alpha value is -1.17. The number of hydrogen-bond donors (Lipinski definition) is 1. The maximum absolute atomic E-state index is 13.4. The number of nitro groups is 1. The molecule has 0 amide bonds. The summed E-state index contributed by atoms with van der Waals surface area (Å²) in [6, 6.07) is 2.31. The van der Waals surface area contributed by atoms with Gasteiger partial charge < -0.3 is 5.32 Å². The summed E-state index contributed by atoms with van der Waals surface area (Å²) in [7, 11) is 0. The highest BCUT2D eigenvalue weighted by Gasteiger charge is 2.22. The molecule has 1 rings (SSSR count). The maximum Gasteiger partial charge on any atom is 0.293 e. The topological polar surface area (TPSA) is 55.2 Å². The molecule has 1 N–H and O–H groups in total. The fourth-order valence-corrected chi connectivity index (χ4v) is 1.57. The fraction of sp³-hybridized carbons (Fsp3) is 0.455. The number of nitrogens with zero attached hydrogens (tertiary/aromatic N) is 1. The van der Waals surface area contributed by atoms with Crippen LogP contribution in [0.25, 0.3) is 0 Å². The summed E-state index contributed by atoms with van der Waals surface area (Å²) in [5.41, 5.74) is -0.271. The minimum atomic E-state index is -0.529. The number of rotatable bonds is 4. The normalized spacial score (nSPS) is 11.4. The lowest BCUT2D eigenvalue weighted by molar-refractivity contribution is -0.384. The minimum absolute atomic E-state index is 0.0871. The lowest BCUT2D eigenvalue weighted by atomic mass is 10.0. The van der Waals surface area contributed by atoms with Crippen LogP contribution >= 0.6 is 15.9 Å². The van der Waals surface area contributed by atoms with E-state index in [4.69, 9.17) is 0 Å². The summed E-state index contributed by atoms with van der Waals surface area (Å²) < 4.78 is 13.5. The van der Waals surface area contributed by atoms with E-state index in [1.54, 1.807) is 0 Å². The Labute approximate surface area is 107 Å². The zero-order valence-corrected chi connectivity index (χ0v) is 11.5. The van der Waals surface area contributed by atoms with Gasteiger partial charge in [0.2, 0.25) is 0 Å². The average Bonchev–Trinajstić information content (AvgIpc) is 2.22. The molecule has 0 fully saturated rings. The van der Waals surface area contributed by atoms with Crippen LogP contribution < -0.4 is 5.32 Å². The molecule has 0 unspecified atom stereocenters. The second-order valence-corrected chi connectivity index (χ2v) is 5.26. The summed E-state index contributed by atoms with van der Waals surface area (Å²) in [6.07, 6.45) is 0.766. The van der Waals surface area contributed by atoms with E-state index in [1.807, 2.05) is 20.8 Å². The van der Waals surface area contributed by atoms with Crippen LogP contribution in [0, 0.1) is 15.9 Å². The Balaban J connectivity index is 3.22. The van der Waals surface area contributed by atoms with Gasteiger partial charge >= 0.3 is 0 Å². The maximum atomic E-state index is 13.4. The molecule has 6 heteroatoms. The lowest BCUT2D eigenvalue weighted by Crippen LogP contribution is -2.30. The Morgan fingerprint density at radius 1 is 1.53 bits per heavy atom. The Kier molecular flexibility index (Phi) is 4.08. The highest BCUT2D eigenvalue weighted by atomic mass is 79.9. The van der Waals surface area contributed by atoms with E-state index in [0.717, 1.165) is 12.5 Å². The molecule has 0 heterocycles. The van der Waals surface area contributed by atoms with Gasteiger partial charge in [-0.2, -0.15) is 0 Å². The van der Waals surface area contributed by atoms with Gasteiger partial charge in [0, 0.05) is 17.7 Å². The smallest absolute Gasteiger partial charge is 0.293 e. The molecule has 94 valence electrons. The van der Waals surface area contributed by atoms with Crippen LogP contribution in [0.1, 0.15) is 27.2 Å². The van der Waals surface area contributed by atoms with Gasteiger partial charge in [-0.1, -0.05) is 6.92 Å². The van der Waals surface area contributed by atoms with Gasteiger partial charge in [0.05, 0.1) is 9.40 Å². The van der Waals surface area contributed by atoms with Crippen molar-refractivity contribution in [3.63, 3.8) is 0 Å². The first-order chi connectivity index (χ1) is 7.76. The van der Waals surface area contributed by atoms with Gasteiger partial charge in [0.25, 0.3) is 5.69 Å². The second kappa shape index (κ2) is 5.00. The molecular weight excluding hydrogens is 291 g/mol. The number of nitrogens with one attached hydrogen (secondary N) is 1. The van der Waals surface area contributed by atoms with Crippen molar-refractivity contribution >= 4 is 27.3 Å². The third-order valence-electron chi connectivity index (χ3n) is 2.59. The van der Waals surface area contributed by atoms with E-state index in [9.17, 15) is 14.5 Å². The third kappa shape index (κ3) is 3.39. The zero-order valence-electron chi connectivity index (χ0n) is 9.88. The van der Waals surface area contributed by atoms with Crippen molar-refractivity contribution in [1.29, 1.82) is 0 Å². The van der Waals surface area contributed by atoms with Crippen molar-refractivity contribution in [2.75, 3.05) is 5.32 Å². The molecule has 0 radical (unpaired) electrons. The standard InChI is InChI=1S/C11H14BrFN2O2/c1-4-11(2,3)14-9-6-8(13)7(12)5-10(9)15(16)17/h5-6,14H,4H2,1-3H3. The molecule has 0 aromatic heterocycles. The summed E-state index contributed by atoms with van der Waals surface area (Å²) in [6.45, 7) is 5.75. The molecule has 4 nitrogen and oxygen atoms in total. The molecule has 0 bridgehead atoms. The Bertz CT molecular complexity index is 449. The molecule has 1 aromatic rings. The summed E-state index contributed by atoms with van der Waals surface area (Å²) in [5.74, 6) is -0.523. The first-order valence-corrected chi connectivity index (χ1v) is 5.98. The highest BCUT2D eigenvalue weighted by molar-refractivity contribution is 9.10. The second-order valence-electron chi connectivity index (χ2n) is 4.40. The van der Waals surface area contributed by atoms with Crippen molar-refractivity contribution in [2.24, 2.45) is 0 Å². The Morgan fingerprint density at radius 3 is 2.59 bits per heavy atom. The van der Waals surface area contributed by atoms with Crippen LogP contribution in [-0.2, 0) is 0 Å². The van der Waals surface area contributed by atoms with E-state index in [1.165, 1.54) is 6.07 Å². The number of nitro benzene ring substituents is 1. The van der Waals surface area contributed by atoms with Crippen molar-refractivity contribution < 1.29 is 9.31 Å². The number of hydrogen-bond acceptors (Lipinski definition) is 3. The molecular formula is C11H14BrFN2O2. The molecule has 0 aliphatic carbocycles. The molecule has 0 saturated carbocycles. The predicted octanol–water partition coefficient (Wildman–Crippen LogP) is 4.10. The van der Waals surface area contributed by atoms with Gasteiger partial charge in [0.15, 0.2) is 0 Å². The van der Waals surface area contributed by atoms with Crippen LogP contribution in [0.2, 0.25) is 0 Å². The van der Waals surface area contributed by atoms with Crippen molar-refractivity contribution in [3.05, 3.63) is 32.5 Å². The quantitative estimate of drug-likeness (QED) is 0.673. The largest absolute Gasteiger partial charge is 0.375 e. The van der Waals surface area contributed by atoms with E-state index >= 15 is 0 Å². The van der Waals surface area contributed by atoms with Gasteiger partial charge in [0.1, 0.15) is 11.5 Å². The van der Waals surface area contributed by atoms with E-state index < -0.39 is 10.7 Å². The first kappa shape index (κ1) is 13.9. The van der Waals surface area contributed by atoms with Crippen molar-refractivity contribution in [2.45, 2.75) is 32.7 Å². The molecule has 1 aromatic carbocycles. The van der Waals surface area contributed by atoms with Crippen LogP contribution in [0.4, 0.5) is 15.8 Å². The van der Waals surface area contributed by atoms with Crippen LogP contribution in [0.3, 0.4) is 0 Å². The highest BCUT2D eigenvalue weighted by Crippen LogP contribution is 2.32. The minimum Gasteiger partial charge on any atom is -0.375 e. The predicted molar refractivity (Wildman–Crippen MR) is 68.7 cm³/mol. The van der Waals surface area contributed by atoms with Gasteiger partial charge in [-0.3, -0.25) is 10.1 Å². The van der Waals surface area contributed by atoms with E-state index in [2.05, 4.69) is 21.2 Å². The van der Waals surface area contributed by atoms with Crippen molar-refractivity contribution in [1.82, 2.24) is 0 Å². The molecule has 17 heavy (non-hydrogen) atoms. The van der Waals surface area contributed by atoms with E-state index in [0.29, 0.717) is 0 Å². The van der Waals surface area contributed by atoms with Gasteiger partial charge in [-0.25, -0.2) is 4.39 Å². The Morgan fingerprint density at radius 2 is 2.12 bits per heavy atom. The first-order valence-electron chi connectivity index (χ1n) is 5.18. The van der Waals surface area contributed by atoms with Gasteiger partial charge in [-0.05, 0) is 36.2 Å². The third-order valence-corrected chi connectivity index (χ3v) is 3.20.